The highest BCUT2D eigenvalue weighted by atomic mass is 16.7. The molecule has 7 nitrogen and oxygen atoms in total. The number of hydrogen-bond acceptors (Lipinski definition) is 5. The molecule has 2 aliphatic rings. The number of piperazine rings is 1. The van der Waals surface area contributed by atoms with E-state index in [4.69, 9.17) is 9.47 Å². The van der Waals surface area contributed by atoms with Gasteiger partial charge in [-0.05, 0) is 48.7 Å². The molecule has 0 bridgehead atoms. The number of fused-ring (bicyclic) bond motifs is 1. The quantitative estimate of drug-likeness (QED) is 0.752. The van der Waals surface area contributed by atoms with Crippen LogP contribution in [0.1, 0.15) is 16.7 Å². The molecule has 31 heavy (non-hydrogen) atoms. The van der Waals surface area contributed by atoms with Gasteiger partial charge in [-0.2, -0.15) is 0 Å². The fraction of sp³-hybridized carbons (Fsp3) is 0.333. The first-order valence-corrected chi connectivity index (χ1v) is 10.4. The monoisotopic (exact) mass is 421 g/mol. The second-order valence-electron chi connectivity index (χ2n) is 7.86. The van der Waals surface area contributed by atoms with Crippen LogP contribution in [0.5, 0.6) is 11.5 Å². The minimum Gasteiger partial charge on any atom is -0.454 e. The third-order valence-electron chi connectivity index (χ3n) is 5.61. The Kier molecular flexibility index (Phi) is 6.23. The summed E-state index contributed by atoms with van der Waals surface area (Å²) < 4.78 is 10.7. The predicted molar refractivity (Wildman–Crippen MR) is 119 cm³/mol. The van der Waals surface area contributed by atoms with E-state index >= 15 is 0 Å². The van der Waals surface area contributed by atoms with Gasteiger partial charge in [-0.25, -0.2) is 0 Å². The van der Waals surface area contributed by atoms with Gasteiger partial charge in [-0.3, -0.25) is 14.5 Å². The zero-order chi connectivity index (χ0) is 21.8. The number of nitrogens with one attached hydrogen (secondary N) is 1. The van der Waals surface area contributed by atoms with Gasteiger partial charge >= 0.3 is 0 Å². The minimum absolute atomic E-state index is 0.0279. The molecule has 0 unspecified atom stereocenters. The topological polar surface area (TPSA) is 71.1 Å². The molecule has 1 N–H and O–H groups in total. The number of benzene rings is 2. The second-order valence-corrected chi connectivity index (χ2v) is 7.86. The third kappa shape index (κ3) is 5.06. The van der Waals surface area contributed by atoms with Crippen LogP contribution >= 0.6 is 0 Å². The van der Waals surface area contributed by atoms with E-state index in [0.717, 1.165) is 28.1 Å². The van der Waals surface area contributed by atoms with Gasteiger partial charge in [0.05, 0.1) is 6.54 Å². The fourth-order valence-electron chi connectivity index (χ4n) is 3.81. The van der Waals surface area contributed by atoms with E-state index in [2.05, 4.69) is 10.2 Å². The molecule has 0 aliphatic carbocycles. The Morgan fingerprint density at radius 3 is 2.45 bits per heavy atom. The molecular formula is C24H27N3O4. The van der Waals surface area contributed by atoms with Gasteiger partial charge in [0.1, 0.15) is 0 Å². The van der Waals surface area contributed by atoms with Gasteiger partial charge in [-0.15, -0.1) is 0 Å². The van der Waals surface area contributed by atoms with Gasteiger partial charge in [0.15, 0.2) is 11.5 Å². The number of aryl methyl sites for hydroxylation is 2. The average Bonchev–Trinajstić information content (AvgIpc) is 3.23. The van der Waals surface area contributed by atoms with Gasteiger partial charge < -0.3 is 19.7 Å². The Morgan fingerprint density at radius 1 is 1.00 bits per heavy atom. The Labute approximate surface area is 182 Å². The number of amides is 2. The van der Waals surface area contributed by atoms with Crippen LogP contribution in [0.2, 0.25) is 0 Å². The molecule has 2 aromatic carbocycles. The van der Waals surface area contributed by atoms with Crippen LogP contribution < -0.4 is 14.8 Å². The normalized spacial score (nSPS) is 16.0. The summed E-state index contributed by atoms with van der Waals surface area (Å²) in [6.45, 7) is 7.07. The molecular weight excluding hydrogens is 394 g/mol. The first kappa shape index (κ1) is 20.9. The molecule has 4 rings (SSSR count). The van der Waals surface area contributed by atoms with Gasteiger partial charge in [0.2, 0.25) is 18.6 Å². The molecule has 0 aromatic heterocycles. The molecule has 162 valence electrons. The van der Waals surface area contributed by atoms with Crippen LogP contribution in [-0.2, 0) is 9.59 Å². The number of nitrogens with zero attached hydrogens (tertiary/aromatic N) is 2. The number of anilines is 1. The molecule has 1 fully saturated rings. The first-order valence-electron chi connectivity index (χ1n) is 10.4. The van der Waals surface area contributed by atoms with Crippen molar-refractivity contribution in [3.63, 3.8) is 0 Å². The van der Waals surface area contributed by atoms with Crippen molar-refractivity contribution in [2.45, 2.75) is 13.8 Å². The zero-order valence-corrected chi connectivity index (χ0v) is 17.9. The van der Waals surface area contributed by atoms with E-state index in [9.17, 15) is 9.59 Å². The molecule has 2 heterocycles. The van der Waals surface area contributed by atoms with Crippen LogP contribution in [0.3, 0.4) is 0 Å². The van der Waals surface area contributed by atoms with Crippen LogP contribution in [-0.4, -0.2) is 61.1 Å². The lowest BCUT2D eigenvalue weighted by molar-refractivity contribution is -0.127. The van der Waals surface area contributed by atoms with Crippen molar-refractivity contribution >= 4 is 23.6 Å². The summed E-state index contributed by atoms with van der Waals surface area (Å²) in [6.07, 6.45) is 3.37. The summed E-state index contributed by atoms with van der Waals surface area (Å²) in [5, 5.41) is 3.02. The van der Waals surface area contributed by atoms with E-state index < -0.39 is 0 Å². The smallest absolute Gasteiger partial charge is 0.246 e. The van der Waals surface area contributed by atoms with Crippen molar-refractivity contribution < 1.29 is 19.1 Å². The average molecular weight is 421 g/mol. The van der Waals surface area contributed by atoms with Crippen LogP contribution in [0.4, 0.5) is 5.69 Å². The number of para-hydroxylation sites is 1. The van der Waals surface area contributed by atoms with Crippen molar-refractivity contribution in [1.82, 2.24) is 9.80 Å². The Bertz CT molecular complexity index is 990. The highest BCUT2D eigenvalue weighted by molar-refractivity contribution is 5.94. The van der Waals surface area contributed by atoms with Gasteiger partial charge in [0, 0.05) is 37.9 Å². The maximum Gasteiger partial charge on any atom is 0.246 e. The summed E-state index contributed by atoms with van der Waals surface area (Å²) in [4.78, 5) is 28.9. The second kappa shape index (κ2) is 9.22. The van der Waals surface area contributed by atoms with Crippen LogP contribution in [0, 0.1) is 13.8 Å². The Balaban J connectivity index is 1.25. The largest absolute Gasteiger partial charge is 0.454 e. The highest BCUT2D eigenvalue weighted by Crippen LogP contribution is 2.32. The molecule has 1 saturated heterocycles. The summed E-state index contributed by atoms with van der Waals surface area (Å²) >= 11 is 0. The molecule has 0 saturated carbocycles. The molecule has 2 aromatic rings. The van der Waals surface area contributed by atoms with Gasteiger partial charge in [-0.1, -0.05) is 24.3 Å². The third-order valence-corrected chi connectivity index (χ3v) is 5.61. The molecule has 2 amide bonds. The summed E-state index contributed by atoms with van der Waals surface area (Å²) in [7, 11) is 0. The standard InChI is InChI=1S/C24H27N3O4/c1-17-4-3-5-18(2)24(17)25-22(28)15-26-10-12-27(13-11-26)23(29)9-7-19-6-8-20-21(14-19)31-16-30-20/h3-9,14H,10-13,15-16H2,1-2H3,(H,25,28)/b9-7+. The highest BCUT2D eigenvalue weighted by Gasteiger charge is 2.21. The van der Waals surface area contributed by atoms with E-state index in [1.165, 1.54) is 0 Å². The Morgan fingerprint density at radius 2 is 1.71 bits per heavy atom. The molecule has 2 aliphatic heterocycles. The first-order chi connectivity index (χ1) is 15.0. The molecule has 0 atom stereocenters. The maximum absolute atomic E-state index is 12.5. The van der Waals surface area contributed by atoms with Crippen molar-refractivity contribution in [2.75, 3.05) is 44.8 Å². The number of ether oxygens (including phenoxy) is 2. The fourth-order valence-corrected chi connectivity index (χ4v) is 3.81. The SMILES string of the molecule is Cc1cccc(C)c1NC(=O)CN1CCN(C(=O)/C=C/c2ccc3c(c2)OCO3)CC1. The zero-order valence-electron chi connectivity index (χ0n) is 17.9. The lowest BCUT2D eigenvalue weighted by atomic mass is 10.1. The van der Waals surface area contributed by atoms with Crippen molar-refractivity contribution in [1.29, 1.82) is 0 Å². The van der Waals surface area contributed by atoms with E-state index in [1.807, 2.05) is 55.1 Å². The van der Waals surface area contributed by atoms with Crippen LogP contribution in [0.15, 0.2) is 42.5 Å². The molecule has 7 heteroatoms. The maximum atomic E-state index is 12.5. The summed E-state index contributed by atoms with van der Waals surface area (Å²) in [6, 6.07) is 11.6. The lowest BCUT2D eigenvalue weighted by Crippen LogP contribution is -2.50. The van der Waals surface area contributed by atoms with Gasteiger partial charge in [0.25, 0.3) is 0 Å². The molecule has 0 spiro atoms. The van der Waals surface area contributed by atoms with E-state index in [0.29, 0.717) is 38.5 Å². The van der Waals surface area contributed by atoms with E-state index in [-0.39, 0.29) is 18.6 Å². The number of carbonyl (C=O) groups excluding carboxylic acids is 2. The predicted octanol–water partition coefficient (Wildman–Crippen LogP) is 2.83. The number of rotatable bonds is 5. The molecule has 0 radical (unpaired) electrons. The van der Waals surface area contributed by atoms with Crippen LogP contribution in [0.25, 0.3) is 6.08 Å². The minimum atomic E-state index is -0.0303. The Hall–Kier alpha value is -3.32. The lowest BCUT2D eigenvalue weighted by Gasteiger charge is -2.33. The summed E-state index contributed by atoms with van der Waals surface area (Å²) in [5.74, 6) is 1.36. The number of carbonyl (C=O) groups is 2. The van der Waals surface area contributed by atoms with Crippen molar-refractivity contribution in [3.05, 3.63) is 59.2 Å². The van der Waals surface area contributed by atoms with E-state index in [1.54, 1.807) is 12.2 Å². The summed E-state index contributed by atoms with van der Waals surface area (Å²) in [5.41, 5.74) is 3.88. The van der Waals surface area contributed by atoms with Crippen molar-refractivity contribution in [3.8, 4) is 11.5 Å². The number of hydrogen-bond donors (Lipinski definition) is 1. The van der Waals surface area contributed by atoms with Crippen molar-refractivity contribution in [2.24, 2.45) is 0 Å².